The molecule has 0 radical (unpaired) electrons. The molecule has 2 atom stereocenters. The van der Waals surface area contributed by atoms with Crippen LogP contribution >= 0.6 is 0 Å². The third kappa shape index (κ3) is 3.94. The summed E-state index contributed by atoms with van der Waals surface area (Å²) in [4.78, 5) is 23.4. The zero-order chi connectivity index (χ0) is 17.8. The number of ether oxygens (including phenoxy) is 2. The average molecular weight is 345 g/mol. The van der Waals surface area contributed by atoms with Gasteiger partial charge < -0.3 is 20.5 Å². The molecule has 2 amide bonds. The number of primary amides is 1. The van der Waals surface area contributed by atoms with Crippen molar-refractivity contribution in [3.63, 3.8) is 0 Å². The van der Waals surface area contributed by atoms with E-state index in [1.807, 2.05) is 0 Å². The molecule has 1 fully saturated rings. The van der Waals surface area contributed by atoms with Crippen molar-refractivity contribution < 1.29 is 19.1 Å². The molecule has 1 aliphatic rings. The molecular weight excluding hydrogens is 326 g/mol. The number of hydrogen-bond donors (Lipinski definition) is 3. The number of carbonyl (C=O) groups excluding carboxylic acids is 2. The maximum absolute atomic E-state index is 12.3. The predicted octanol–water partition coefficient (Wildman–Crippen LogP) is 0.178. The molecule has 0 bridgehead atoms. The Kier molecular flexibility index (Phi) is 4.94. The molecular formula is C16H19N5O4. The summed E-state index contributed by atoms with van der Waals surface area (Å²) < 4.78 is 11.4. The molecule has 1 aromatic heterocycles. The predicted molar refractivity (Wildman–Crippen MR) is 87.2 cm³/mol. The van der Waals surface area contributed by atoms with E-state index in [0.29, 0.717) is 36.6 Å². The molecule has 3 rings (SSSR count). The average Bonchev–Trinajstić information content (AvgIpc) is 3.03. The summed E-state index contributed by atoms with van der Waals surface area (Å²) in [5, 5.41) is 13.1. The van der Waals surface area contributed by atoms with Crippen molar-refractivity contribution in [3.8, 4) is 5.75 Å². The Labute approximate surface area is 143 Å². The third-order valence-corrected chi connectivity index (χ3v) is 3.98. The molecule has 0 unspecified atom stereocenters. The molecule has 9 heteroatoms. The molecule has 1 aliphatic heterocycles. The number of hydrogen-bond acceptors (Lipinski definition) is 6. The van der Waals surface area contributed by atoms with E-state index in [-0.39, 0.29) is 23.7 Å². The largest absolute Gasteiger partial charge is 0.486 e. The monoisotopic (exact) mass is 345 g/mol. The molecule has 0 saturated carbocycles. The number of aryl methyl sites for hydroxylation is 1. The van der Waals surface area contributed by atoms with Crippen molar-refractivity contribution in [1.29, 1.82) is 0 Å². The van der Waals surface area contributed by atoms with Crippen LogP contribution in [0.4, 0.5) is 0 Å². The van der Waals surface area contributed by atoms with Gasteiger partial charge in [-0.1, -0.05) is 0 Å². The SMILES string of the molecule is Cc1n[nH]nc1C(=O)N[C@@H]1CCOC[C@H]1Oc1ccc(C(N)=O)cc1. The fraction of sp³-hybridized carbons (Fsp3) is 0.375. The van der Waals surface area contributed by atoms with E-state index in [1.165, 1.54) is 0 Å². The third-order valence-electron chi connectivity index (χ3n) is 3.98. The molecule has 4 N–H and O–H groups in total. The number of rotatable bonds is 5. The summed E-state index contributed by atoms with van der Waals surface area (Å²) in [7, 11) is 0. The summed E-state index contributed by atoms with van der Waals surface area (Å²) in [6.45, 7) is 2.58. The molecule has 9 nitrogen and oxygen atoms in total. The lowest BCUT2D eigenvalue weighted by Crippen LogP contribution is -2.51. The van der Waals surface area contributed by atoms with Gasteiger partial charge in [-0.3, -0.25) is 9.59 Å². The van der Waals surface area contributed by atoms with Gasteiger partial charge in [0.05, 0.1) is 18.3 Å². The highest BCUT2D eigenvalue weighted by Crippen LogP contribution is 2.19. The van der Waals surface area contributed by atoms with Gasteiger partial charge in [0.15, 0.2) is 5.69 Å². The van der Waals surface area contributed by atoms with Crippen molar-refractivity contribution in [2.75, 3.05) is 13.2 Å². The highest BCUT2D eigenvalue weighted by atomic mass is 16.5. The van der Waals surface area contributed by atoms with Gasteiger partial charge in [0, 0.05) is 12.2 Å². The van der Waals surface area contributed by atoms with Gasteiger partial charge in [-0.15, -0.1) is 0 Å². The van der Waals surface area contributed by atoms with Gasteiger partial charge in [0.1, 0.15) is 11.9 Å². The Morgan fingerprint density at radius 2 is 2.08 bits per heavy atom. The van der Waals surface area contributed by atoms with Gasteiger partial charge >= 0.3 is 0 Å². The van der Waals surface area contributed by atoms with E-state index in [9.17, 15) is 9.59 Å². The maximum Gasteiger partial charge on any atom is 0.274 e. The molecule has 1 aromatic carbocycles. The molecule has 2 aromatic rings. The van der Waals surface area contributed by atoms with Crippen LogP contribution in [-0.2, 0) is 4.74 Å². The van der Waals surface area contributed by atoms with Gasteiger partial charge in [0.25, 0.3) is 5.91 Å². The first kappa shape index (κ1) is 16.9. The summed E-state index contributed by atoms with van der Waals surface area (Å²) >= 11 is 0. The van der Waals surface area contributed by atoms with Crippen molar-refractivity contribution in [1.82, 2.24) is 20.7 Å². The lowest BCUT2D eigenvalue weighted by atomic mass is 10.1. The highest BCUT2D eigenvalue weighted by Gasteiger charge is 2.30. The maximum atomic E-state index is 12.3. The minimum atomic E-state index is -0.499. The van der Waals surface area contributed by atoms with Crippen molar-refractivity contribution in [2.45, 2.75) is 25.5 Å². The van der Waals surface area contributed by atoms with Crippen LogP contribution in [0.25, 0.3) is 0 Å². The van der Waals surface area contributed by atoms with E-state index in [2.05, 4.69) is 20.7 Å². The minimum absolute atomic E-state index is 0.229. The summed E-state index contributed by atoms with van der Waals surface area (Å²) in [6.07, 6.45) is 0.261. The van der Waals surface area contributed by atoms with Crippen LogP contribution in [0.15, 0.2) is 24.3 Å². The van der Waals surface area contributed by atoms with Crippen molar-refractivity contribution in [3.05, 3.63) is 41.2 Å². The standard InChI is InChI=1S/C16H19N5O4/c1-9-14(20-21-19-9)16(23)18-12-6-7-24-8-13(12)25-11-4-2-10(3-5-11)15(17)22/h2-5,12-13H,6-8H2,1H3,(H2,17,22)(H,18,23)(H,19,20,21)/t12-,13-/m1/s1. The molecule has 2 heterocycles. The Bertz CT molecular complexity index is 758. The molecule has 1 saturated heterocycles. The lowest BCUT2D eigenvalue weighted by molar-refractivity contribution is -0.0135. The smallest absolute Gasteiger partial charge is 0.274 e. The quantitative estimate of drug-likeness (QED) is 0.708. The number of aromatic nitrogens is 3. The minimum Gasteiger partial charge on any atom is -0.486 e. The van der Waals surface area contributed by atoms with Gasteiger partial charge in [0.2, 0.25) is 5.91 Å². The second-order valence-corrected chi connectivity index (χ2v) is 5.75. The van der Waals surface area contributed by atoms with E-state index >= 15 is 0 Å². The summed E-state index contributed by atoms with van der Waals surface area (Å²) in [5.74, 6) is -0.242. The molecule has 132 valence electrons. The fourth-order valence-electron chi connectivity index (χ4n) is 2.60. The molecule has 0 aliphatic carbocycles. The Hall–Kier alpha value is -2.94. The molecule has 0 spiro atoms. The van der Waals surface area contributed by atoms with Gasteiger partial charge in [-0.25, -0.2) is 0 Å². The van der Waals surface area contributed by atoms with Crippen LogP contribution in [0.1, 0.15) is 33.0 Å². The number of amides is 2. The zero-order valence-electron chi connectivity index (χ0n) is 13.7. The second-order valence-electron chi connectivity index (χ2n) is 5.75. The Morgan fingerprint density at radius 1 is 1.32 bits per heavy atom. The Balaban J connectivity index is 1.67. The second kappa shape index (κ2) is 7.31. The highest BCUT2D eigenvalue weighted by molar-refractivity contribution is 5.93. The summed E-state index contributed by atoms with van der Waals surface area (Å²) in [5.41, 5.74) is 6.42. The number of nitrogens with one attached hydrogen (secondary N) is 2. The van der Waals surface area contributed by atoms with Crippen LogP contribution in [0.5, 0.6) is 5.75 Å². The normalized spacial score (nSPS) is 20.0. The van der Waals surface area contributed by atoms with E-state index in [0.717, 1.165) is 0 Å². The topological polar surface area (TPSA) is 132 Å². The van der Waals surface area contributed by atoms with Crippen LogP contribution in [0.2, 0.25) is 0 Å². The van der Waals surface area contributed by atoms with E-state index in [1.54, 1.807) is 31.2 Å². The first-order chi connectivity index (χ1) is 12.0. The van der Waals surface area contributed by atoms with Gasteiger partial charge in [-0.05, 0) is 37.6 Å². The first-order valence-corrected chi connectivity index (χ1v) is 7.87. The van der Waals surface area contributed by atoms with Crippen LogP contribution < -0.4 is 15.8 Å². The fourth-order valence-corrected chi connectivity index (χ4v) is 2.60. The van der Waals surface area contributed by atoms with Crippen molar-refractivity contribution in [2.24, 2.45) is 5.73 Å². The summed E-state index contributed by atoms with van der Waals surface area (Å²) in [6, 6.07) is 6.28. The lowest BCUT2D eigenvalue weighted by Gasteiger charge is -2.32. The number of carbonyl (C=O) groups is 2. The Morgan fingerprint density at radius 3 is 2.72 bits per heavy atom. The number of nitrogens with zero attached hydrogens (tertiary/aromatic N) is 2. The van der Waals surface area contributed by atoms with E-state index in [4.69, 9.17) is 15.2 Å². The van der Waals surface area contributed by atoms with Crippen LogP contribution in [-0.4, -0.2) is 52.6 Å². The first-order valence-electron chi connectivity index (χ1n) is 7.87. The number of aromatic amines is 1. The van der Waals surface area contributed by atoms with Gasteiger partial charge in [-0.2, -0.15) is 15.4 Å². The van der Waals surface area contributed by atoms with Crippen LogP contribution in [0.3, 0.4) is 0 Å². The number of H-pyrrole nitrogens is 1. The molecule has 25 heavy (non-hydrogen) atoms. The zero-order valence-corrected chi connectivity index (χ0v) is 13.7. The van der Waals surface area contributed by atoms with Crippen molar-refractivity contribution >= 4 is 11.8 Å². The van der Waals surface area contributed by atoms with E-state index < -0.39 is 5.91 Å². The van der Waals surface area contributed by atoms with Crippen LogP contribution in [0, 0.1) is 6.92 Å². The number of nitrogens with two attached hydrogens (primary N) is 1. The number of benzene rings is 1.